The fraction of sp³-hybridized carbons (Fsp3) is 0.500. The Morgan fingerprint density at radius 1 is 1.44 bits per heavy atom. The van der Waals surface area contributed by atoms with Gasteiger partial charge in [0, 0.05) is 0 Å². The fourth-order valence-corrected chi connectivity index (χ4v) is 2.43. The van der Waals surface area contributed by atoms with Crippen LogP contribution >= 0.6 is 12.2 Å². The summed E-state index contributed by atoms with van der Waals surface area (Å²) in [6.45, 7) is 0. The van der Waals surface area contributed by atoms with Gasteiger partial charge in [0.2, 0.25) is 0 Å². The monoisotopic (exact) mass is 267 g/mol. The van der Waals surface area contributed by atoms with Crippen LogP contribution < -0.4 is 11.2 Å². The van der Waals surface area contributed by atoms with Crippen LogP contribution in [0.15, 0.2) is 22.8 Å². The zero-order chi connectivity index (χ0) is 13.0. The molecule has 0 bridgehead atoms. The molecule has 1 aromatic rings. The lowest BCUT2D eigenvalue weighted by molar-refractivity contribution is 0.0780. The maximum atomic E-state index is 11.9. The molecule has 1 fully saturated rings. The maximum absolute atomic E-state index is 11.9. The molecule has 1 saturated carbocycles. The topological polar surface area (TPSA) is 71.5 Å². The number of furan rings is 1. The Morgan fingerprint density at radius 2 is 2.17 bits per heavy atom. The highest BCUT2D eigenvalue weighted by molar-refractivity contribution is 7.80. The van der Waals surface area contributed by atoms with E-state index >= 15 is 0 Å². The molecule has 2 rings (SSSR count). The van der Waals surface area contributed by atoms with E-state index in [0.29, 0.717) is 0 Å². The number of nitrogens with one attached hydrogen (secondary N) is 1. The molecular weight excluding hydrogens is 250 g/mol. The summed E-state index contributed by atoms with van der Waals surface area (Å²) < 4.78 is 5.04. The zero-order valence-electron chi connectivity index (χ0n) is 10.1. The molecule has 0 spiro atoms. The molecule has 1 aliphatic carbocycles. The third-order valence-corrected chi connectivity index (χ3v) is 3.34. The summed E-state index contributed by atoms with van der Waals surface area (Å²) in [7, 11) is 0. The quantitative estimate of drug-likeness (QED) is 0.631. The molecule has 1 aliphatic rings. The van der Waals surface area contributed by atoms with E-state index in [-0.39, 0.29) is 22.8 Å². The van der Waals surface area contributed by atoms with Gasteiger partial charge in [0.25, 0.3) is 0 Å². The van der Waals surface area contributed by atoms with Crippen molar-refractivity contribution in [2.75, 3.05) is 0 Å². The van der Waals surface area contributed by atoms with E-state index < -0.39 is 0 Å². The van der Waals surface area contributed by atoms with E-state index in [2.05, 4.69) is 5.43 Å². The number of carbonyl (C=O) groups excluding carboxylic acids is 1. The molecule has 98 valence electrons. The van der Waals surface area contributed by atoms with Crippen molar-refractivity contribution in [1.29, 1.82) is 0 Å². The van der Waals surface area contributed by atoms with Crippen LogP contribution in [0, 0.1) is 0 Å². The number of hydrazine groups is 1. The molecule has 0 unspecified atom stereocenters. The van der Waals surface area contributed by atoms with Crippen molar-refractivity contribution < 1.29 is 9.21 Å². The smallest absolute Gasteiger partial charge is 0.305 e. The second-order valence-corrected chi connectivity index (χ2v) is 4.84. The molecule has 0 radical (unpaired) electrons. The van der Waals surface area contributed by atoms with Crippen molar-refractivity contribution in [3.8, 4) is 0 Å². The van der Waals surface area contributed by atoms with E-state index in [9.17, 15) is 4.79 Å². The molecule has 6 heteroatoms. The van der Waals surface area contributed by atoms with Crippen LogP contribution in [0.1, 0.15) is 42.7 Å². The zero-order valence-corrected chi connectivity index (χ0v) is 10.9. The normalized spacial score (nSPS) is 16.2. The number of hydrogen-bond donors (Lipinski definition) is 2. The van der Waals surface area contributed by atoms with Crippen LogP contribution in [0.25, 0.3) is 0 Å². The summed E-state index contributed by atoms with van der Waals surface area (Å²) in [5, 5.41) is 1.79. The first kappa shape index (κ1) is 12.9. The third kappa shape index (κ3) is 3.01. The first-order chi connectivity index (χ1) is 8.68. The Kier molecular flexibility index (Phi) is 4.19. The highest BCUT2D eigenvalue weighted by atomic mass is 32.1. The lowest BCUT2D eigenvalue weighted by Gasteiger charge is -2.34. The average molecular weight is 267 g/mol. The lowest BCUT2D eigenvalue weighted by Crippen LogP contribution is -2.54. The van der Waals surface area contributed by atoms with Crippen molar-refractivity contribution >= 4 is 23.2 Å². The molecule has 5 nitrogen and oxygen atoms in total. The predicted octanol–water partition coefficient (Wildman–Crippen LogP) is 1.80. The van der Waals surface area contributed by atoms with Crippen LogP contribution in [0.4, 0.5) is 0 Å². The summed E-state index contributed by atoms with van der Waals surface area (Å²) in [4.78, 5) is 11.9. The molecule has 1 aromatic heterocycles. The van der Waals surface area contributed by atoms with Crippen LogP contribution in [0.3, 0.4) is 0 Å². The highest BCUT2D eigenvalue weighted by Crippen LogP contribution is 2.21. The molecule has 0 aliphatic heterocycles. The van der Waals surface area contributed by atoms with Gasteiger partial charge in [-0.1, -0.05) is 19.3 Å². The van der Waals surface area contributed by atoms with Crippen molar-refractivity contribution in [2.24, 2.45) is 5.73 Å². The van der Waals surface area contributed by atoms with Gasteiger partial charge in [-0.2, -0.15) is 0 Å². The van der Waals surface area contributed by atoms with Gasteiger partial charge in [-0.15, -0.1) is 0 Å². The molecule has 3 N–H and O–H groups in total. The second-order valence-electron chi connectivity index (χ2n) is 4.42. The standard InChI is InChI=1S/C12H17N3O2S/c13-12(18)15(9-5-2-1-3-6-9)14-11(16)10-7-4-8-17-10/h4,7-9H,1-3,5-6H2,(H2,13,18)(H,14,16). The van der Waals surface area contributed by atoms with Crippen LogP contribution in [-0.2, 0) is 0 Å². The van der Waals surface area contributed by atoms with E-state index in [1.54, 1.807) is 17.1 Å². The van der Waals surface area contributed by atoms with E-state index in [0.717, 1.165) is 25.7 Å². The Balaban J connectivity index is 2.02. The minimum absolute atomic E-state index is 0.190. The van der Waals surface area contributed by atoms with Gasteiger partial charge in [-0.25, -0.2) is 0 Å². The summed E-state index contributed by atoms with van der Waals surface area (Å²) in [6.07, 6.45) is 6.96. The van der Waals surface area contributed by atoms with Crippen molar-refractivity contribution in [3.05, 3.63) is 24.2 Å². The van der Waals surface area contributed by atoms with Gasteiger partial charge in [-0.05, 0) is 37.2 Å². The second kappa shape index (κ2) is 5.86. The van der Waals surface area contributed by atoms with Crippen LogP contribution in [0.5, 0.6) is 0 Å². The summed E-state index contributed by atoms with van der Waals surface area (Å²) in [5.41, 5.74) is 8.40. The third-order valence-electron chi connectivity index (χ3n) is 3.14. The van der Waals surface area contributed by atoms with Crippen LogP contribution in [-0.4, -0.2) is 22.1 Å². The maximum Gasteiger partial charge on any atom is 0.305 e. The first-order valence-electron chi connectivity index (χ1n) is 6.11. The van der Waals surface area contributed by atoms with Gasteiger partial charge in [0.05, 0.1) is 12.3 Å². The van der Waals surface area contributed by atoms with Gasteiger partial charge >= 0.3 is 5.91 Å². The first-order valence-corrected chi connectivity index (χ1v) is 6.52. The number of thiocarbonyl (C=S) groups is 1. The minimum atomic E-state index is -0.321. The summed E-state index contributed by atoms with van der Waals surface area (Å²) >= 11 is 5.00. The SMILES string of the molecule is NC(=S)N(NC(=O)c1ccco1)C1CCCCC1. The lowest BCUT2D eigenvalue weighted by atomic mass is 9.95. The van der Waals surface area contributed by atoms with Crippen LogP contribution in [0.2, 0.25) is 0 Å². The highest BCUT2D eigenvalue weighted by Gasteiger charge is 2.24. The Labute approximate surface area is 111 Å². The number of hydrogen-bond acceptors (Lipinski definition) is 3. The fourth-order valence-electron chi connectivity index (χ4n) is 2.24. The van der Waals surface area contributed by atoms with Gasteiger partial charge in [0.15, 0.2) is 10.9 Å². The molecule has 0 aromatic carbocycles. The molecule has 1 amide bonds. The van der Waals surface area contributed by atoms with E-state index in [1.165, 1.54) is 12.7 Å². The van der Waals surface area contributed by atoms with E-state index in [1.807, 2.05) is 0 Å². The number of rotatable bonds is 2. The largest absolute Gasteiger partial charge is 0.459 e. The number of carbonyl (C=O) groups is 1. The Morgan fingerprint density at radius 3 is 2.72 bits per heavy atom. The Bertz CT molecular complexity index is 413. The average Bonchev–Trinajstić information content (AvgIpc) is 2.90. The van der Waals surface area contributed by atoms with Crippen molar-refractivity contribution in [3.63, 3.8) is 0 Å². The van der Waals surface area contributed by atoms with Crippen molar-refractivity contribution in [1.82, 2.24) is 10.4 Å². The number of amides is 1. The molecular formula is C12H17N3O2S. The number of nitrogens with zero attached hydrogens (tertiary/aromatic N) is 1. The molecule has 1 heterocycles. The molecule has 0 atom stereocenters. The van der Waals surface area contributed by atoms with E-state index in [4.69, 9.17) is 22.4 Å². The summed E-state index contributed by atoms with van der Waals surface area (Å²) in [6, 6.07) is 3.46. The summed E-state index contributed by atoms with van der Waals surface area (Å²) in [5.74, 6) is -0.0644. The molecule has 0 saturated heterocycles. The van der Waals surface area contributed by atoms with Gasteiger partial charge in [-0.3, -0.25) is 15.2 Å². The predicted molar refractivity (Wildman–Crippen MR) is 71.7 cm³/mol. The molecule has 18 heavy (non-hydrogen) atoms. The van der Waals surface area contributed by atoms with Crippen molar-refractivity contribution in [2.45, 2.75) is 38.1 Å². The van der Waals surface area contributed by atoms with Gasteiger partial charge < -0.3 is 10.2 Å². The van der Waals surface area contributed by atoms with Gasteiger partial charge in [0.1, 0.15) is 0 Å². The Hall–Kier alpha value is -1.56. The number of nitrogens with two attached hydrogens (primary N) is 1. The minimum Gasteiger partial charge on any atom is -0.459 e.